The number of guanidine groups is 1. The second kappa shape index (κ2) is 12.8. The van der Waals surface area contributed by atoms with Gasteiger partial charge in [-0.25, -0.2) is 4.99 Å². The smallest absolute Gasteiger partial charge is 0.191 e. The Hall–Kier alpha value is -2.54. The molecule has 7 heteroatoms. The summed E-state index contributed by atoms with van der Waals surface area (Å²) in [5.41, 5.74) is 2.10. The SMILES string of the molecule is CCNC(=NCc1cccc(OCCOC)c1)NCc1cc(C(CC)CC)no1. The summed E-state index contributed by atoms with van der Waals surface area (Å²) in [6.45, 7) is 9.36. The Labute approximate surface area is 173 Å². The van der Waals surface area contributed by atoms with Crippen molar-refractivity contribution in [2.45, 2.75) is 52.6 Å². The van der Waals surface area contributed by atoms with E-state index in [9.17, 15) is 0 Å². The van der Waals surface area contributed by atoms with E-state index in [-0.39, 0.29) is 0 Å². The molecule has 2 rings (SSSR count). The highest BCUT2D eigenvalue weighted by Crippen LogP contribution is 2.22. The van der Waals surface area contributed by atoms with Gasteiger partial charge in [-0.2, -0.15) is 0 Å². The fraction of sp³-hybridized carbons (Fsp3) is 0.545. The molecular weight excluding hydrogens is 368 g/mol. The molecule has 0 atom stereocenters. The zero-order valence-corrected chi connectivity index (χ0v) is 18.0. The number of ether oxygens (including phenoxy) is 2. The Kier molecular flexibility index (Phi) is 10.1. The molecule has 0 spiro atoms. The summed E-state index contributed by atoms with van der Waals surface area (Å²) in [6, 6.07) is 9.99. The van der Waals surface area contributed by atoms with Gasteiger partial charge in [0.2, 0.25) is 0 Å². The minimum Gasteiger partial charge on any atom is -0.491 e. The molecule has 0 aliphatic carbocycles. The molecule has 0 fully saturated rings. The third-order valence-corrected chi connectivity index (χ3v) is 4.63. The standard InChI is InChI=1S/C22H34N4O3/c1-5-18(6-2)21-14-20(29-26-21)16-25-22(23-7-3)24-15-17-9-8-10-19(13-17)28-12-11-27-4/h8-10,13-14,18H,5-7,11-12,15-16H2,1-4H3,(H2,23,24,25). The maximum atomic E-state index is 5.66. The molecule has 0 unspecified atom stereocenters. The zero-order valence-electron chi connectivity index (χ0n) is 18.0. The summed E-state index contributed by atoms with van der Waals surface area (Å²) in [6.07, 6.45) is 2.13. The first kappa shape index (κ1) is 22.7. The molecule has 1 aromatic heterocycles. The van der Waals surface area contributed by atoms with Crippen molar-refractivity contribution in [1.82, 2.24) is 15.8 Å². The second-order valence-electron chi connectivity index (χ2n) is 6.77. The van der Waals surface area contributed by atoms with Gasteiger partial charge in [0, 0.05) is 25.6 Å². The predicted octanol–water partition coefficient (Wildman–Crippen LogP) is 3.86. The number of hydrogen-bond donors (Lipinski definition) is 2. The van der Waals surface area contributed by atoms with Crippen molar-refractivity contribution in [3.8, 4) is 5.75 Å². The van der Waals surface area contributed by atoms with Crippen molar-refractivity contribution in [1.29, 1.82) is 0 Å². The number of nitrogens with zero attached hydrogens (tertiary/aromatic N) is 2. The van der Waals surface area contributed by atoms with Gasteiger partial charge in [-0.3, -0.25) is 0 Å². The highest BCUT2D eigenvalue weighted by molar-refractivity contribution is 5.79. The van der Waals surface area contributed by atoms with Gasteiger partial charge >= 0.3 is 0 Å². The van der Waals surface area contributed by atoms with E-state index < -0.39 is 0 Å². The number of nitrogens with one attached hydrogen (secondary N) is 2. The second-order valence-corrected chi connectivity index (χ2v) is 6.77. The van der Waals surface area contributed by atoms with Gasteiger partial charge in [0.1, 0.15) is 12.4 Å². The number of hydrogen-bond acceptors (Lipinski definition) is 5. The minimum absolute atomic E-state index is 0.452. The molecule has 1 heterocycles. The minimum atomic E-state index is 0.452. The van der Waals surface area contributed by atoms with Crippen LogP contribution in [0, 0.1) is 0 Å². The van der Waals surface area contributed by atoms with Crippen LogP contribution in [0.5, 0.6) is 5.75 Å². The van der Waals surface area contributed by atoms with E-state index in [4.69, 9.17) is 14.0 Å². The molecule has 0 aliphatic rings. The topological polar surface area (TPSA) is 80.9 Å². The van der Waals surface area contributed by atoms with Crippen molar-refractivity contribution in [2.24, 2.45) is 4.99 Å². The van der Waals surface area contributed by atoms with Crippen molar-refractivity contribution in [3.05, 3.63) is 47.3 Å². The van der Waals surface area contributed by atoms with E-state index in [2.05, 4.69) is 34.6 Å². The van der Waals surface area contributed by atoms with Crippen LogP contribution in [0.4, 0.5) is 0 Å². The van der Waals surface area contributed by atoms with E-state index in [0.29, 0.717) is 32.2 Å². The summed E-state index contributed by atoms with van der Waals surface area (Å²) >= 11 is 0. The van der Waals surface area contributed by atoms with Crippen LogP contribution >= 0.6 is 0 Å². The zero-order chi connectivity index (χ0) is 20.9. The van der Waals surface area contributed by atoms with Gasteiger partial charge in [0.25, 0.3) is 0 Å². The maximum Gasteiger partial charge on any atom is 0.191 e. The van der Waals surface area contributed by atoms with Crippen molar-refractivity contribution in [2.75, 3.05) is 26.9 Å². The lowest BCUT2D eigenvalue weighted by Crippen LogP contribution is -2.36. The van der Waals surface area contributed by atoms with Crippen LogP contribution in [0.2, 0.25) is 0 Å². The fourth-order valence-electron chi connectivity index (χ4n) is 2.97. The van der Waals surface area contributed by atoms with Gasteiger partial charge in [-0.1, -0.05) is 31.1 Å². The lowest BCUT2D eigenvalue weighted by molar-refractivity contribution is 0.146. The van der Waals surface area contributed by atoms with Gasteiger partial charge in [0.15, 0.2) is 11.7 Å². The monoisotopic (exact) mass is 402 g/mol. The van der Waals surface area contributed by atoms with Crippen LogP contribution < -0.4 is 15.4 Å². The molecular formula is C22H34N4O3. The van der Waals surface area contributed by atoms with Crippen LogP contribution in [-0.2, 0) is 17.8 Å². The van der Waals surface area contributed by atoms with E-state index in [1.54, 1.807) is 7.11 Å². The van der Waals surface area contributed by atoms with E-state index in [1.807, 2.05) is 37.3 Å². The lowest BCUT2D eigenvalue weighted by Gasteiger charge is -2.10. The van der Waals surface area contributed by atoms with Crippen LogP contribution in [0.15, 0.2) is 39.8 Å². The molecule has 1 aromatic carbocycles. The van der Waals surface area contributed by atoms with E-state index in [0.717, 1.165) is 48.1 Å². The molecule has 0 bridgehead atoms. The van der Waals surface area contributed by atoms with E-state index >= 15 is 0 Å². The van der Waals surface area contributed by atoms with Crippen LogP contribution in [0.1, 0.15) is 56.5 Å². The molecule has 29 heavy (non-hydrogen) atoms. The molecule has 2 aromatic rings. The van der Waals surface area contributed by atoms with Crippen LogP contribution in [-0.4, -0.2) is 38.0 Å². The highest BCUT2D eigenvalue weighted by atomic mass is 16.5. The molecule has 160 valence electrons. The summed E-state index contributed by atoms with van der Waals surface area (Å²) in [5.74, 6) is 2.82. The fourth-order valence-corrected chi connectivity index (χ4v) is 2.97. The highest BCUT2D eigenvalue weighted by Gasteiger charge is 2.13. The Morgan fingerprint density at radius 3 is 2.69 bits per heavy atom. The Bertz CT molecular complexity index is 741. The van der Waals surface area contributed by atoms with Gasteiger partial charge in [-0.15, -0.1) is 0 Å². The normalized spacial score (nSPS) is 11.7. The Balaban J connectivity index is 1.93. The number of methoxy groups -OCH3 is 1. The van der Waals surface area contributed by atoms with Gasteiger partial charge in [0.05, 0.1) is 25.4 Å². The molecule has 0 saturated heterocycles. The van der Waals surface area contributed by atoms with Crippen LogP contribution in [0.25, 0.3) is 0 Å². The third kappa shape index (κ3) is 7.77. The first-order valence-electron chi connectivity index (χ1n) is 10.4. The third-order valence-electron chi connectivity index (χ3n) is 4.63. The summed E-state index contributed by atoms with van der Waals surface area (Å²) < 4.78 is 16.2. The molecule has 0 saturated carbocycles. The molecule has 0 aliphatic heterocycles. The first-order chi connectivity index (χ1) is 14.2. The average Bonchev–Trinajstić information content (AvgIpc) is 3.20. The molecule has 0 amide bonds. The molecule has 0 radical (unpaired) electrons. The summed E-state index contributed by atoms with van der Waals surface area (Å²) in [5, 5.41) is 10.8. The number of aromatic nitrogens is 1. The van der Waals surface area contributed by atoms with Crippen molar-refractivity contribution >= 4 is 5.96 Å². The quantitative estimate of drug-likeness (QED) is 0.319. The summed E-state index contributed by atoms with van der Waals surface area (Å²) in [4.78, 5) is 4.66. The van der Waals surface area contributed by atoms with Crippen molar-refractivity contribution < 1.29 is 14.0 Å². The molecule has 7 nitrogen and oxygen atoms in total. The van der Waals surface area contributed by atoms with Crippen molar-refractivity contribution in [3.63, 3.8) is 0 Å². The average molecular weight is 403 g/mol. The Morgan fingerprint density at radius 2 is 1.97 bits per heavy atom. The summed E-state index contributed by atoms with van der Waals surface area (Å²) in [7, 11) is 1.66. The lowest BCUT2D eigenvalue weighted by atomic mass is 9.99. The number of aliphatic imine (C=N–C) groups is 1. The Morgan fingerprint density at radius 1 is 1.14 bits per heavy atom. The maximum absolute atomic E-state index is 5.66. The van der Waals surface area contributed by atoms with Crippen LogP contribution in [0.3, 0.4) is 0 Å². The van der Waals surface area contributed by atoms with E-state index in [1.165, 1.54) is 0 Å². The largest absolute Gasteiger partial charge is 0.491 e. The number of benzene rings is 1. The number of rotatable bonds is 12. The predicted molar refractivity (Wildman–Crippen MR) is 115 cm³/mol. The molecule has 2 N–H and O–H groups in total. The van der Waals surface area contributed by atoms with Gasteiger partial charge in [-0.05, 0) is 37.5 Å². The van der Waals surface area contributed by atoms with Gasteiger partial charge < -0.3 is 24.6 Å². The first-order valence-corrected chi connectivity index (χ1v) is 10.4.